The molecule has 1 amide bonds. The van der Waals surface area contributed by atoms with Crippen molar-refractivity contribution < 1.29 is 9.18 Å². The van der Waals surface area contributed by atoms with Crippen molar-refractivity contribution in [2.45, 2.75) is 0 Å². The Morgan fingerprint density at radius 1 is 1.19 bits per heavy atom. The summed E-state index contributed by atoms with van der Waals surface area (Å²) in [5, 5.41) is 6.70. The number of aromatic nitrogens is 2. The molecular weight excluding hydrogens is 419 g/mol. The smallest absolute Gasteiger partial charge is 0.247 e. The van der Waals surface area contributed by atoms with Crippen molar-refractivity contribution in [2.24, 2.45) is 0 Å². The molecule has 2 aromatic carbocycles. The summed E-state index contributed by atoms with van der Waals surface area (Å²) in [6, 6.07) is 8.04. The van der Waals surface area contributed by atoms with E-state index in [1.807, 2.05) is 38.2 Å². The Labute approximate surface area is 185 Å². The van der Waals surface area contributed by atoms with Crippen LogP contribution in [-0.2, 0) is 4.79 Å². The van der Waals surface area contributed by atoms with Crippen LogP contribution in [0.3, 0.4) is 0 Å². The molecule has 0 saturated carbocycles. The third kappa shape index (κ3) is 5.48. The van der Waals surface area contributed by atoms with Crippen molar-refractivity contribution >= 4 is 51.3 Å². The van der Waals surface area contributed by atoms with Crippen molar-refractivity contribution in [1.82, 2.24) is 14.9 Å². The van der Waals surface area contributed by atoms with E-state index in [1.165, 1.54) is 24.5 Å². The zero-order valence-corrected chi connectivity index (χ0v) is 18.4. The zero-order chi connectivity index (χ0) is 22.5. The molecule has 0 aliphatic carbocycles. The quantitative estimate of drug-likeness (QED) is 0.507. The van der Waals surface area contributed by atoms with E-state index < -0.39 is 5.82 Å². The number of rotatable bonds is 8. The van der Waals surface area contributed by atoms with Crippen molar-refractivity contribution in [3.05, 3.63) is 60.2 Å². The van der Waals surface area contributed by atoms with E-state index in [0.29, 0.717) is 28.1 Å². The van der Waals surface area contributed by atoms with E-state index in [0.717, 1.165) is 18.8 Å². The van der Waals surface area contributed by atoms with Crippen LogP contribution in [-0.4, -0.2) is 55.0 Å². The molecule has 0 fully saturated rings. The molecule has 2 N–H and O–H groups in total. The van der Waals surface area contributed by atoms with Gasteiger partial charge in [-0.05, 0) is 50.5 Å². The molecule has 0 spiro atoms. The number of amides is 1. The normalized spacial score (nSPS) is 10.9. The minimum absolute atomic E-state index is 0.00657. The molecule has 0 aliphatic heterocycles. The Balaban J connectivity index is 2.05. The van der Waals surface area contributed by atoms with Crippen molar-refractivity contribution in [2.75, 3.05) is 49.8 Å². The molecule has 0 saturated heterocycles. The fourth-order valence-electron chi connectivity index (χ4n) is 2.97. The Hall–Kier alpha value is -3.23. The number of hydrogen-bond acceptors (Lipinski definition) is 6. The van der Waals surface area contributed by atoms with Gasteiger partial charge in [-0.3, -0.25) is 4.79 Å². The van der Waals surface area contributed by atoms with E-state index in [9.17, 15) is 9.18 Å². The van der Waals surface area contributed by atoms with E-state index in [2.05, 4.69) is 32.1 Å². The number of hydrogen-bond donors (Lipinski definition) is 2. The highest BCUT2D eigenvalue weighted by Crippen LogP contribution is 2.34. The molecule has 1 heterocycles. The second-order valence-electron chi connectivity index (χ2n) is 7.28. The summed E-state index contributed by atoms with van der Waals surface area (Å²) in [5.74, 6) is -0.317. The summed E-state index contributed by atoms with van der Waals surface area (Å²) in [7, 11) is 5.96. The average Bonchev–Trinajstić information content (AvgIpc) is 2.74. The van der Waals surface area contributed by atoms with E-state index in [-0.39, 0.29) is 10.9 Å². The number of anilines is 4. The van der Waals surface area contributed by atoms with Gasteiger partial charge in [0.1, 0.15) is 18.0 Å². The lowest BCUT2D eigenvalue weighted by molar-refractivity contribution is -0.111. The van der Waals surface area contributed by atoms with Crippen LogP contribution in [0.4, 0.5) is 27.3 Å². The van der Waals surface area contributed by atoms with Gasteiger partial charge in [-0.25, -0.2) is 14.4 Å². The topological polar surface area (TPSA) is 73.4 Å². The molecule has 0 atom stereocenters. The SMILES string of the molecule is C=CC(=O)Nc1cc2c(Nc3ccc(F)c(Cl)c3)ncnc2cc1N(C)CCN(C)C. The molecule has 0 aliphatic rings. The van der Waals surface area contributed by atoms with Crippen LogP contribution in [0, 0.1) is 5.82 Å². The zero-order valence-electron chi connectivity index (χ0n) is 17.6. The first-order valence-corrected chi connectivity index (χ1v) is 9.96. The molecule has 3 aromatic rings. The highest BCUT2D eigenvalue weighted by atomic mass is 35.5. The van der Waals surface area contributed by atoms with Crippen LogP contribution >= 0.6 is 11.6 Å². The van der Waals surface area contributed by atoms with E-state index in [1.54, 1.807) is 6.07 Å². The first-order valence-electron chi connectivity index (χ1n) is 9.58. The Kier molecular flexibility index (Phi) is 7.04. The number of nitrogens with one attached hydrogen (secondary N) is 2. The predicted molar refractivity (Wildman–Crippen MR) is 125 cm³/mol. The van der Waals surface area contributed by atoms with E-state index in [4.69, 9.17) is 11.6 Å². The van der Waals surface area contributed by atoms with Gasteiger partial charge in [0, 0.05) is 31.2 Å². The number of carbonyl (C=O) groups is 1. The molecule has 9 heteroatoms. The number of benzene rings is 2. The van der Waals surface area contributed by atoms with E-state index >= 15 is 0 Å². The standard InChI is InChI=1S/C22H24ClFN6O/c1-5-21(31)28-19-11-15-18(12-20(19)30(4)9-8-29(2)3)25-13-26-22(15)27-14-6-7-17(24)16(23)10-14/h5-7,10-13H,1,8-9H2,2-4H3,(H,28,31)(H,25,26,27). The van der Waals surface area contributed by atoms with Gasteiger partial charge >= 0.3 is 0 Å². The summed E-state index contributed by atoms with van der Waals surface area (Å²) in [6.45, 7) is 5.12. The number of likely N-dealkylation sites (N-methyl/N-ethyl adjacent to an activating group) is 2. The molecule has 7 nitrogen and oxygen atoms in total. The maximum Gasteiger partial charge on any atom is 0.247 e. The van der Waals surface area contributed by atoms with Crippen LogP contribution in [0.5, 0.6) is 0 Å². The number of fused-ring (bicyclic) bond motifs is 1. The molecule has 31 heavy (non-hydrogen) atoms. The van der Waals surface area contributed by atoms with Crippen LogP contribution in [0.15, 0.2) is 49.3 Å². The third-order valence-corrected chi connectivity index (χ3v) is 4.96. The Morgan fingerprint density at radius 3 is 2.65 bits per heavy atom. The fourth-order valence-corrected chi connectivity index (χ4v) is 3.15. The monoisotopic (exact) mass is 442 g/mol. The van der Waals surface area contributed by atoms with Crippen molar-refractivity contribution in [1.29, 1.82) is 0 Å². The first-order chi connectivity index (χ1) is 14.8. The van der Waals surface area contributed by atoms with Gasteiger partial charge in [-0.15, -0.1) is 0 Å². The Morgan fingerprint density at radius 2 is 1.97 bits per heavy atom. The van der Waals surface area contributed by atoms with Gasteiger partial charge in [-0.2, -0.15) is 0 Å². The van der Waals surface area contributed by atoms with Gasteiger partial charge in [0.15, 0.2) is 0 Å². The number of nitrogens with zero attached hydrogens (tertiary/aromatic N) is 4. The molecule has 0 bridgehead atoms. The number of carbonyl (C=O) groups excluding carboxylic acids is 1. The second kappa shape index (κ2) is 9.72. The average molecular weight is 443 g/mol. The number of halogens is 2. The summed E-state index contributed by atoms with van der Waals surface area (Å²) < 4.78 is 13.5. The van der Waals surface area contributed by atoms with Gasteiger partial charge in [0.05, 0.1) is 21.9 Å². The maximum atomic E-state index is 13.5. The largest absolute Gasteiger partial charge is 0.372 e. The maximum absolute atomic E-state index is 13.5. The summed E-state index contributed by atoms with van der Waals surface area (Å²) >= 11 is 5.89. The Bertz CT molecular complexity index is 1120. The highest BCUT2D eigenvalue weighted by Gasteiger charge is 2.15. The lowest BCUT2D eigenvalue weighted by atomic mass is 10.1. The minimum Gasteiger partial charge on any atom is -0.372 e. The molecule has 1 aromatic heterocycles. The predicted octanol–water partition coefficient (Wildman–Crippen LogP) is 4.29. The highest BCUT2D eigenvalue weighted by molar-refractivity contribution is 6.31. The minimum atomic E-state index is -0.500. The first kappa shape index (κ1) is 22.5. The van der Waals surface area contributed by atoms with Gasteiger partial charge in [0.25, 0.3) is 0 Å². The summed E-state index contributed by atoms with van der Waals surface area (Å²) in [4.78, 5) is 24.9. The van der Waals surface area contributed by atoms with Crippen LogP contribution in [0.2, 0.25) is 5.02 Å². The fraction of sp³-hybridized carbons (Fsp3) is 0.227. The molecule has 3 rings (SSSR count). The molecule has 0 unspecified atom stereocenters. The lowest BCUT2D eigenvalue weighted by Crippen LogP contribution is -2.29. The lowest BCUT2D eigenvalue weighted by Gasteiger charge is -2.25. The van der Waals surface area contributed by atoms with Crippen LogP contribution in [0.1, 0.15) is 0 Å². The summed E-state index contributed by atoms with van der Waals surface area (Å²) in [5.41, 5.74) is 2.69. The second-order valence-corrected chi connectivity index (χ2v) is 7.69. The van der Waals surface area contributed by atoms with Gasteiger partial charge in [-0.1, -0.05) is 18.2 Å². The van der Waals surface area contributed by atoms with Crippen molar-refractivity contribution in [3.8, 4) is 0 Å². The van der Waals surface area contributed by atoms with Crippen LogP contribution in [0.25, 0.3) is 10.9 Å². The molecule has 162 valence electrons. The van der Waals surface area contributed by atoms with Gasteiger partial charge in [0.2, 0.25) is 5.91 Å². The molecular formula is C22H24ClFN6O. The summed E-state index contributed by atoms with van der Waals surface area (Å²) in [6.07, 6.45) is 2.66. The molecule has 0 radical (unpaired) electrons. The van der Waals surface area contributed by atoms with Gasteiger partial charge < -0.3 is 20.4 Å². The van der Waals surface area contributed by atoms with Crippen LogP contribution < -0.4 is 15.5 Å². The third-order valence-electron chi connectivity index (χ3n) is 4.67. The van der Waals surface area contributed by atoms with Crippen molar-refractivity contribution in [3.63, 3.8) is 0 Å².